The van der Waals surface area contributed by atoms with Crippen LogP contribution >= 0.6 is 23.2 Å². The molecule has 0 saturated carbocycles. The summed E-state index contributed by atoms with van der Waals surface area (Å²) in [4.78, 5) is 0. The molecule has 0 unspecified atom stereocenters. The summed E-state index contributed by atoms with van der Waals surface area (Å²) in [7, 11) is 0. The van der Waals surface area contributed by atoms with Crippen LogP contribution in [0.1, 0.15) is 25.0 Å². The maximum atomic E-state index is 6.27. The van der Waals surface area contributed by atoms with Crippen LogP contribution in [-0.4, -0.2) is 6.54 Å². The van der Waals surface area contributed by atoms with Crippen LogP contribution in [0.15, 0.2) is 54.6 Å². The maximum Gasteiger partial charge on any atom is 0.124 e. The molecule has 0 saturated heterocycles. The molecule has 0 aliphatic heterocycles. The van der Waals surface area contributed by atoms with Crippen molar-refractivity contribution in [1.29, 1.82) is 0 Å². The van der Waals surface area contributed by atoms with Crippen molar-refractivity contribution in [3.8, 4) is 5.75 Å². The molecule has 1 N–H and O–H groups in total. The molecule has 3 aromatic rings. The Balaban J connectivity index is 1.89. The second-order valence-corrected chi connectivity index (χ2v) is 7.59. The lowest BCUT2D eigenvalue weighted by atomic mass is 10.0. The van der Waals surface area contributed by atoms with E-state index in [1.807, 2.05) is 24.3 Å². The van der Waals surface area contributed by atoms with Crippen LogP contribution in [0.2, 0.25) is 10.0 Å². The average molecular weight is 388 g/mol. The molecule has 3 aromatic carbocycles. The Hall–Kier alpha value is -1.74. The number of ether oxygens (including phenoxy) is 1. The van der Waals surface area contributed by atoms with Gasteiger partial charge in [-0.25, -0.2) is 0 Å². The SMILES string of the molecule is CC(C)CNCc1c(OCc2c(Cl)cccc2Cl)ccc2ccccc12. The van der Waals surface area contributed by atoms with Gasteiger partial charge in [0.25, 0.3) is 0 Å². The fraction of sp³-hybridized carbons (Fsp3) is 0.273. The van der Waals surface area contributed by atoms with Crippen LogP contribution in [-0.2, 0) is 13.2 Å². The van der Waals surface area contributed by atoms with Crippen molar-refractivity contribution in [1.82, 2.24) is 5.32 Å². The Morgan fingerprint density at radius 1 is 0.885 bits per heavy atom. The minimum absolute atomic E-state index is 0.341. The van der Waals surface area contributed by atoms with Gasteiger partial charge in [0.2, 0.25) is 0 Å². The molecule has 0 aliphatic carbocycles. The molecule has 0 aromatic heterocycles. The molecule has 4 heteroatoms. The first-order valence-electron chi connectivity index (χ1n) is 8.83. The van der Waals surface area contributed by atoms with Gasteiger partial charge in [0, 0.05) is 27.7 Å². The fourth-order valence-corrected chi connectivity index (χ4v) is 3.45. The molecule has 2 nitrogen and oxygen atoms in total. The van der Waals surface area contributed by atoms with E-state index in [1.165, 1.54) is 10.8 Å². The van der Waals surface area contributed by atoms with E-state index >= 15 is 0 Å². The van der Waals surface area contributed by atoms with Crippen molar-refractivity contribution in [3.05, 3.63) is 75.8 Å². The van der Waals surface area contributed by atoms with Gasteiger partial charge in [-0.2, -0.15) is 0 Å². The van der Waals surface area contributed by atoms with Crippen LogP contribution in [0.25, 0.3) is 10.8 Å². The van der Waals surface area contributed by atoms with Gasteiger partial charge in [0.05, 0.1) is 0 Å². The van der Waals surface area contributed by atoms with Gasteiger partial charge in [-0.05, 0) is 41.4 Å². The average Bonchev–Trinajstić information content (AvgIpc) is 2.62. The highest BCUT2D eigenvalue weighted by molar-refractivity contribution is 6.35. The number of rotatable bonds is 7. The monoisotopic (exact) mass is 387 g/mol. The highest BCUT2D eigenvalue weighted by atomic mass is 35.5. The van der Waals surface area contributed by atoms with Crippen LogP contribution in [0.5, 0.6) is 5.75 Å². The zero-order chi connectivity index (χ0) is 18.5. The van der Waals surface area contributed by atoms with E-state index in [2.05, 4.69) is 49.5 Å². The predicted molar refractivity (Wildman–Crippen MR) is 111 cm³/mol. The van der Waals surface area contributed by atoms with Gasteiger partial charge in [0.1, 0.15) is 12.4 Å². The molecule has 0 bridgehead atoms. The van der Waals surface area contributed by atoms with Gasteiger partial charge >= 0.3 is 0 Å². The lowest BCUT2D eigenvalue weighted by Gasteiger charge is -2.16. The standard InChI is InChI=1S/C22H23Cl2NO/c1-15(2)12-25-13-18-17-7-4-3-6-16(17)10-11-22(18)26-14-19-20(23)8-5-9-21(19)24/h3-11,15,25H,12-14H2,1-2H3. The van der Waals surface area contributed by atoms with Crippen molar-refractivity contribution in [2.45, 2.75) is 27.0 Å². The van der Waals surface area contributed by atoms with E-state index in [0.29, 0.717) is 22.6 Å². The number of fused-ring (bicyclic) bond motifs is 1. The smallest absolute Gasteiger partial charge is 0.124 e. The lowest BCUT2D eigenvalue weighted by molar-refractivity contribution is 0.302. The minimum Gasteiger partial charge on any atom is -0.488 e. The Bertz CT molecular complexity index is 872. The van der Waals surface area contributed by atoms with Crippen molar-refractivity contribution in [2.75, 3.05) is 6.54 Å². The molecule has 136 valence electrons. The van der Waals surface area contributed by atoms with E-state index in [4.69, 9.17) is 27.9 Å². The number of benzene rings is 3. The van der Waals surface area contributed by atoms with Gasteiger partial charge in [-0.3, -0.25) is 0 Å². The summed E-state index contributed by atoms with van der Waals surface area (Å²) in [6.07, 6.45) is 0. The van der Waals surface area contributed by atoms with E-state index in [1.54, 1.807) is 0 Å². The molecular formula is C22H23Cl2NO. The summed E-state index contributed by atoms with van der Waals surface area (Å²) < 4.78 is 6.14. The molecule has 0 spiro atoms. The number of halogens is 2. The molecular weight excluding hydrogens is 365 g/mol. The third-order valence-electron chi connectivity index (χ3n) is 4.29. The maximum absolute atomic E-state index is 6.27. The summed E-state index contributed by atoms with van der Waals surface area (Å²) in [6.45, 7) is 6.46. The van der Waals surface area contributed by atoms with Gasteiger partial charge in [-0.15, -0.1) is 0 Å². The summed E-state index contributed by atoms with van der Waals surface area (Å²) in [5.74, 6) is 1.45. The molecule has 0 radical (unpaired) electrons. The first kappa shape index (κ1) is 19.0. The van der Waals surface area contributed by atoms with Crippen molar-refractivity contribution in [3.63, 3.8) is 0 Å². The summed E-state index contributed by atoms with van der Waals surface area (Å²) in [6, 6.07) is 18.0. The highest BCUT2D eigenvalue weighted by Crippen LogP contribution is 2.31. The normalized spacial score (nSPS) is 11.3. The molecule has 0 atom stereocenters. The molecule has 26 heavy (non-hydrogen) atoms. The Labute approximate surface area is 165 Å². The third-order valence-corrected chi connectivity index (χ3v) is 4.99. The zero-order valence-electron chi connectivity index (χ0n) is 15.1. The van der Waals surface area contributed by atoms with Crippen LogP contribution < -0.4 is 10.1 Å². The second-order valence-electron chi connectivity index (χ2n) is 6.78. The quantitative estimate of drug-likeness (QED) is 0.501. The Kier molecular flexibility index (Phi) is 6.42. The lowest BCUT2D eigenvalue weighted by Crippen LogP contribution is -2.19. The number of hydrogen-bond donors (Lipinski definition) is 1. The first-order chi connectivity index (χ1) is 12.6. The van der Waals surface area contributed by atoms with Crippen molar-refractivity contribution in [2.24, 2.45) is 5.92 Å². The third kappa shape index (κ3) is 4.50. The van der Waals surface area contributed by atoms with Crippen LogP contribution in [0.4, 0.5) is 0 Å². The molecule has 3 rings (SSSR count). The van der Waals surface area contributed by atoms with E-state index in [9.17, 15) is 0 Å². The minimum atomic E-state index is 0.341. The fourth-order valence-electron chi connectivity index (χ4n) is 2.94. The summed E-state index contributed by atoms with van der Waals surface area (Å²) in [5.41, 5.74) is 1.97. The van der Waals surface area contributed by atoms with Gasteiger partial charge < -0.3 is 10.1 Å². The van der Waals surface area contributed by atoms with Crippen LogP contribution in [0, 0.1) is 5.92 Å². The first-order valence-corrected chi connectivity index (χ1v) is 9.59. The molecule has 0 aliphatic rings. The second kappa shape index (κ2) is 8.77. The zero-order valence-corrected chi connectivity index (χ0v) is 16.6. The summed E-state index contributed by atoms with van der Waals surface area (Å²) >= 11 is 12.5. The van der Waals surface area contributed by atoms with Crippen molar-refractivity contribution >= 4 is 34.0 Å². The highest BCUT2D eigenvalue weighted by Gasteiger charge is 2.12. The van der Waals surface area contributed by atoms with E-state index < -0.39 is 0 Å². The van der Waals surface area contributed by atoms with Crippen LogP contribution in [0.3, 0.4) is 0 Å². The largest absolute Gasteiger partial charge is 0.488 e. The topological polar surface area (TPSA) is 21.3 Å². The van der Waals surface area contributed by atoms with Gasteiger partial charge in [0.15, 0.2) is 0 Å². The summed E-state index contributed by atoms with van der Waals surface area (Å²) in [5, 5.41) is 7.17. The Morgan fingerprint density at radius 3 is 2.35 bits per heavy atom. The van der Waals surface area contributed by atoms with Crippen molar-refractivity contribution < 1.29 is 4.74 Å². The van der Waals surface area contributed by atoms with Gasteiger partial charge in [-0.1, -0.05) is 73.4 Å². The predicted octanol–water partition coefficient (Wildman–Crippen LogP) is 6.47. The molecule has 0 fully saturated rings. The number of hydrogen-bond acceptors (Lipinski definition) is 2. The van der Waals surface area contributed by atoms with E-state index in [-0.39, 0.29) is 0 Å². The number of nitrogens with one attached hydrogen (secondary N) is 1. The molecule has 0 heterocycles. The Morgan fingerprint density at radius 2 is 1.62 bits per heavy atom. The van der Waals surface area contributed by atoms with E-state index in [0.717, 1.165) is 30.0 Å². The molecule has 0 amide bonds.